The summed E-state index contributed by atoms with van der Waals surface area (Å²) in [5.41, 5.74) is 0.130. The maximum Gasteiger partial charge on any atom is 0.243 e. The minimum absolute atomic E-state index is 0.0819. The Labute approximate surface area is 215 Å². The number of carbonyl (C=O) groups is 1. The first-order valence-electron chi connectivity index (χ1n) is 12.2. The van der Waals surface area contributed by atoms with Crippen molar-refractivity contribution < 1.29 is 17.6 Å². The van der Waals surface area contributed by atoms with Crippen LogP contribution in [-0.2, 0) is 14.8 Å². The zero-order chi connectivity index (χ0) is 25.6. The first-order valence-corrected chi connectivity index (χ1v) is 14.5. The third kappa shape index (κ3) is 5.04. The number of aromatic nitrogens is 1. The van der Waals surface area contributed by atoms with Crippen LogP contribution in [0.4, 0.5) is 9.52 Å². The first-order chi connectivity index (χ1) is 17.1. The van der Waals surface area contributed by atoms with Crippen molar-refractivity contribution in [1.29, 1.82) is 0 Å². The van der Waals surface area contributed by atoms with Crippen molar-refractivity contribution >= 4 is 42.6 Å². The highest BCUT2D eigenvalue weighted by atomic mass is 32.2. The number of anilines is 1. The minimum atomic E-state index is -3.60. The molecule has 1 amide bonds. The van der Waals surface area contributed by atoms with E-state index in [1.807, 2.05) is 19.9 Å². The fraction of sp³-hybridized carbons (Fsp3) is 0.462. The molecule has 10 heteroatoms. The average Bonchev–Trinajstić information content (AvgIpc) is 3.24. The SMILES string of the molecule is CC1(C)CCC2(CCN(CC(=O)Nc3nc4ccc(F)cc4s3)CC2)CN1S(=O)(=O)c1ccccc1. The Morgan fingerprint density at radius 1 is 1.08 bits per heavy atom. The predicted octanol–water partition coefficient (Wildman–Crippen LogP) is 4.72. The van der Waals surface area contributed by atoms with Crippen LogP contribution in [0, 0.1) is 11.2 Å². The van der Waals surface area contributed by atoms with Gasteiger partial charge in [0, 0.05) is 12.1 Å². The molecule has 0 saturated carbocycles. The first kappa shape index (κ1) is 25.3. The third-order valence-corrected chi connectivity index (χ3v) is 10.6. The van der Waals surface area contributed by atoms with Gasteiger partial charge in [0.1, 0.15) is 5.82 Å². The Bertz CT molecular complexity index is 1370. The number of likely N-dealkylation sites (tertiary alicyclic amines) is 1. The van der Waals surface area contributed by atoms with E-state index in [9.17, 15) is 17.6 Å². The number of nitrogens with one attached hydrogen (secondary N) is 1. The number of sulfonamides is 1. The van der Waals surface area contributed by atoms with Crippen LogP contribution in [0.1, 0.15) is 39.5 Å². The van der Waals surface area contributed by atoms with Gasteiger partial charge in [-0.25, -0.2) is 17.8 Å². The van der Waals surface area contributed by atoms with Gasteiger partial charge in [0.25, 0.3) is 0 Å². The van der Waals surface area contributed by atoms with Gasteiger partial charge in [0.05, 0.1) is 21.7 Å². The van der Waals surface area contributed by atoms with Crippen molar-refractivity contribution in [3.63, 3.8) is 0 Å². The largest absolute Gasteiger partial charge is 0.301 e. The Kier molecular flexibility index (Phi) is 6.65. The molecule has 0 aliphatic carbocycles. The number of fused-ring (bicyclic) bond motifs is 1. The summed E-state index contributed by atoms with van der Waals surface area (Å²) in [7, 11) is -3.60. The molecule has 0 atom stereocenters. The molecule has 7 nitrogen and oxygen atoms in total. The van der Waals surface area contributed by atoms with Gasteiger partial charge in [-0.15, -0.1) is 0 Å². The number of nitrogens with zero attached hydrogens (tertiary/aromatic N) is 3. The van der Waals surface area contributed by atoms with Gasteiger partial charge in [0.15, 0.2) is 5.13 Å². The molecule has 1 aromatic heterocycles. The Morgan fingerprint density at radius 2 is 1.81 bits per heavy atom. The van der Waals surface area contributed by atoms with Crippen molar-refractivity contribution in [2.45, 2.75) is 50.0 Å². The topological polar surface area (TPSA) is 82.6 Å². The standard InChI is InChI=1S/C26H31FN4O3S2/c1-25(2)10-11-26(18-31(25)36(33,34)20-6-4-3-5-7-20)12-14-30(15-13-26)17-23(32)29-24-28-21-9-8-19(27)16-22(21)35-24/h3-9,16H,10-15,17-18H2,1-2H3,(H,28,29,32). The number of amides is 1. The molecule has 1 N–H and O–H groups in total. The lowest BCUT2D eigenvalue weighted by Crippen LogP contribution is -2.59. The van der Waals surface area contributed by atoms with E-state index in [4.69, 9.17) is 0 Å². The van der Waals surface area contributed by atoms with Gasteiger partial charge in [0.2, 0.25) is 15.9 Å². The van der Waals surface area contributed by atoms with Crippen LogP contribution in [0.25, 0.3) is 10.2 Å². The van der Waals surface area contributed by atoms with E-state index in [2.05, 4.69) is 15.2 Å². The lowest BCUT2D eigenvalue weighted by molar-refractivity contribution is -0.118. The van der Waals surface area contributed by atoms with Crippen LogP contribution in [-0.4, -0.2) is 60.2 Å². The molecular formula is C26H31FN4O3S2. The highest BCUT2D eigenvalue weighted by Crippen LogP contribution is 2.46. The number of benzene rings is 2. The highest BCUT2D eigenvalue weighted by molar-refractivity contribution is 7.89. The zero-order valence-corrected chi connectivity index (χ0v) is 22.2. The summed E-state index contributed by atoms with van der Waals surface area (Å²) < 4.78 is 42.9. The van der Waals surface area contributed by atoms with E-state index in [1.165, 1.54) is 23.5 Å². The molecule has 2 aromatic carbocycles. The maximum absolute atomic E-state index is 13.5. The molecule has 3 heterocycles. The molecule has 2 saturated heterocycles. The summed E-state index contributed by atoms with van der Waals surface area (Å²) in [4.78, 5) is 19.5. The number of halogens is 1. The van der Waals surface area contributed by atoms with Crippen molar-refractivity contribution in [3.8, 4) is 0 Å². The number of rotatable bonds is 5. The quantitative estimate of drug-likeness (QED) is 0.516. The average molecular weight is 531 g/mol. The second kappa shape index (κ2) is 9.48. The van der Waals surface area contributed by atoms with Crippen LogP contribution in [0.3, 0.4) is 0 Å². The number of piperidine rings is 2. The molecule has 2 fully saturated rings. The van der Waals surface area contributed by atoms with Gasteiger partial charge in [-0.1, -0.05) is 29.5 Å². The number of carbonyl (C=O) groups excluding carboxylic acids is 1. The molecule has 5 rings (SSSR count). The molecule has 192 valence electrons. The van der Waals surface area contributed by atoms with Gasteiger partial charge < -0.3 is 5.32 Å². The fourth-order valence-electron chi connectivity index (χ4n) is 5.33. The van der Waals surface area contributed by atoms with E-state index >= 15 is 0 Å². The molecular weight excluding hydrogens is 499 g/mol. The van der Waals surface area contributed by atoms with Crippen LogP contribution >= 0.6 is 11.3 Å². The second-order valence-corrected chi connectivity index (χ2v) is 13.5. The van der Waals surface area contributed by atoms with E-state index in [0.717, 1.165) is 38.8 Å². The van der Waals surface area contributed by atoms with Crippen molar-refractivity contribution in [2.24, 2.45) is 5.41 Å². The van der Waals surface area contributed by atoms with Crippen LogP contribution in [0.5, 0.6) is 0 Å². The molecule has 2 aliphatic heterocycles. The van der Waals surface area contributed by atoms with E-state index in [-0.39, 0.29) is 23.7 Å². The van der Waals surface area contributed by atoms with E-state index in [0.29, 0.717) is 26.8 Å². The van der Waals surface area contributed by atoms with Crippen molar-refractivity contribution in [2.75, 3.05) is 31.5 Å². The van der Waals surface area contributed by atoms with E-state index < -0.39 is 15.6 Å². The van der Waals surface area contributed by atoms with E-state index in [1.54, 1.807) is 34.6 Å². The highest BCUT2D eigenvalue weighted by Gasteiger charge is 2.49. The molecule has 36 heavy (non-hydrogen) atoms. The lowest BCUT2D eigenvalue weighted by Gasteiger charge is -2.53. The van der Waals surface area contributed by atoms with Gasteiger partial charge in [-0.2, -0.15) is 4.31 Å². The summed E-state index contributed by atoms with van der Waals surface area (Å²) >= 11 is 1.26. The van der Waals surface area contributed by atoms with Crippen LogP contribution in [0.2, 0.25) is 0 Å². The monoisotopic (exact) mass is 530 g/mol. The van der Waals surface area contributed by atoms with Gasteiger partial charge >= 0.3 is 0 Å². The lowest BCUT2D eigenvalue weighted by atomic mass is 9.69. The Balaban J connectivity index is 1.21. The number of hydrogen-bond donors (Lipinski definition) is 1. The summed E-state index contributed by atoms with van der Waals surface area (Å²) in [6, 6.07) is 13.0. The molecule has 0 unspecified atom stereocenters. The molecule has 0 bridgehead atoms. The van der Waals surface area contributed by atoms with Crippen molar-refractivity contribution in [1.82, 2.24) is 14.2 Å². The van der Waals surface area contributed by atoms with Crippen LogP contribution in [0.15, 0.2) is 53.4 Å². The second-order valence-electron chi connectivity index (χ2n) is 10.6. The summed E-state index contributed by atoms with van der Waals surface area (Å²) in [5.74, 6) is -0.476. The normalized spacial score (nSPS) is 20.5. The van der Waals surface area contributed by atoms with Gasteiger partial charge in [-0.05, 0) is 88.4 Å². The summed E-state index contributed by atoms with van der Waals surface area (Å²) in [5, 5.41) is 3.31. The fourth-order valence-corrected chi connectivity index (χ4v) is 8.18. The molecule has 1 spiro atoms. The van der Waals surface area contributed by atoms with Crippen molar-refractivity contribution in [3.05, 3.63) is 54.3 Å². The third-order valence-electron chi connectivity index (χ3n) is 7.63. The molecule has 3 aromatic rings. The summed E-state index contributed by atoms with van der Waals surface area (Å²) in [6.45, 7) is 6.24. The zero-order valence-electron chi connectivity index (χ0n) is 20.5. The number of thiazole rings is 1. The van der Waals surface area contributed by atoms with Crippen LogP contribution < -0.4 is 5.32 Å². The predicted molar refractivity (Wildman–Crippen MR) is 140 cm³/mol. The smallest absolute Gasteiger partial charge is 0.243 e. The number of hydrogen-bond acceptors (Lipinski definition) is 6. The Morgan fingerprint density at radius 3 is 2.53 bits per heavy atom. The Hall–Kier alpha value is -2.40. The molecule has 2 aliphatic rings. The molecule has 0 radical (unpaired) electrons. The summed E-state index contributed by atoms with van der Waals surface area (Å²) in [6.07, 6.45) is 3.47. The van der Waals surface area contributed by atoms with Gasteiger partial charge in [-0.3, -0.25) is 9.69 Å². The maximum atomic E-state index is 13.5. The minimum Gasteiger partial charge on any atom is -0.301 e.